The summed E-state index contributed by atoms with van der Waals surface area (Å²) in [5, 5.41) is 0. The van der Waals surface area contributed by atoms with Crippen LogP contribution in [0.25, 0.3) is 0 Å². The molecule has 0 aromatic rings. The monoisotopic (exact) mass is 228 g/mol. The molecule has 0 aromatic heterocycles. The summed E-state index contributed by atoms with van der Waals surface area (Å²) in [7, 11) is 0. The van der Waals surface area contributed by atoms with Crippen molar-refractivity contribution in [1.29, 1.82) is 0 Å². The van der Waals surface area contributed by atoms with Crippen LogP contribution in [0.4, 0.5) is 0 Å². The standard InChI is InChI=1S/C12H20O4/c1-6-8-15-11(14)12(4,5)16-10(13)9(3)7-2/h7,9H,2,6,8H2,1,3-5H3. The van der Waals surface area contributed by atoms with E-state index in [0.717, 1.165) is 6.42 Å². The average Bonchev–Trinajstić information content (AvgIpc) is 2.23. The molecule has 0 amide bonds. The Balaban J connectivity index is 4.38. The van der Waals surface area contributed by atoms with E-state index < -0.39 is 23.5 Å². The van der Waals surface area contributed by atoms with Crippen LogP contribution >= 0.6 is 0 Å². The second-order valence-corrected chi connectivity index (χ2v) is 4.09. The predicted octanol–water partition coefficient (Wildman–Crippen LogP) is 2.08. The maximum absolute atomic E-state index is 11.5. The zero-order chi connectivity index (χ0) is 12.8. The van der Waals surface area contributed by atoms with Crippen molar-refractivity contribution in [3.63, 3.8) is 0 Å². The maximum Gasteiger partial charge on any atom is 0.350 e. The van der Waals surface area contributed by atoms with E-state index in [9.17, 15) is 9.59 Å². The van der Waals surface area contributed by atoms with Gasteiger partial charge in [0, 0.05) is 0 Å². The number of carbonyl (C=O) groups excluding carboxylic acids is 2. The summed E-state index contributed by atoms with van der Waals surface area (Å²) < 4.78 is 9.99. The third-order valence-corrected chi connectivity index (χ3v) is 2.01. The van der Waals surface area contributed by atoms with Crippen LogP contribution in [-0.2, 0) is 19.1 Å². The van der Waals surface area contributed by atoms with E-state index >= 15 is 0 Å². The van der Waals surface area contributed by atoms with Crippen molar-refractivity contribution in [3.05, 3.63) is 12.7 Å². The molecule has 0 saturated carbocycles. The molecular weight excluding hydrogens is 208 g/mol. The topological polar surface area (TPSA) is 52.6 Å². The van der Waals surface area contributed by atoms with Crippen molar-refractivity contribution in [1.82, 2.24) is 0 Å². The molecule has 0 aliphatic rings. The first-order valence-electron chi connectivity index (χ1n) is 5.37. The summed E-state index contributed by atoms with van der Waals surface area (Å²) in [6, 6.07) is 0. The molecule has 92 valence electrons. The highest BCUT2D eigenvalue weighted by Crippen LogP contribution is 2.15. The molecule has 0 radical (unpaired) electrons. The third-order valence-electron chi connectivity index (χ3n) is 2.01. The van der Waals surface area contributed by atoms with Gasteiger partial charge >= 0.3 is 11.9 Å². The molecule has 0 heterocycles. The number of esters is 2. The Bertz CT molecular complexity index is 268. The van der Waals surface area contributed by atoms with Crippen LogP contribution < -0.4 is 0 Å². The molecule has 16 heavy (non-hydrogen) atoms. The van der Waals surface area contributed by atoms with Crippen molar-refractivity contribution in [2.75, 3.05) is 6.61 Å². The molecular formula is C12H20O4. The minimum absolute atomic E-state index is 0.330. The zero-order valence-corrected chi connectivity index (χ0v) is 10.4. The first-order chi connectivity index (χ1) is 7.35. The zero-order valence-electron chi connectivity index (χ0n) is 10.4. The quantitative estimate of drug-likeness (QED) is 0.516. The number of hydrogen-bond acceptors (Lipinski definition) is 4. The molecule has 0 N–H and O–H groups in total. The van der Waals surface area contributed by atoms with Gasteiger partial charge in [0.2, 0.25) is 5.60 Å². The van der Waals surface area contributed by atoms with E-state index in [1.54, 1.807) is 6.92 Å². The van der Waals surface area contributed by atoms with Crippen LogP contribution in [0, 0.1) is 5.92 Å². The SMILES string of the molecule is C=CC(C)C(=O)OC(C)(C)C(=O)OCCC. The van der Waals surface area contributed by atoms with Crippen molar-refractivity contribution in [3.8, 4) is 0 Å². The van der Waals surface area contributed by atoms with Gasteiger partial charge in [-0.2, -0.15) is 0 Å². The van der Waals surface area contributed by atoms with Gasteiger partial charge in [-0.25, -0.2) is 4.79 Å². The Morgan fingerprint density at radius 1 is 1.44 bits per heavy atom. The van der Waals surface area contributed by atoms with Crippen molar-refractivity contribution in [2.24, 2.45) is 5.92 Å². The third kappa shape index (κ3) is 4.47. The second kappa shape index (κ2) is 6.30. The molecule has 1 atom stereocenters. The molecule has 0 fully saturated rings. The van der Waals surface area contributed by atoms with Gasteiger partial charge in [0.25, 0.3) is 0 Å². The largest absolute Gasteiger partial charge is 0.463 e. The summed E-state index contributed by atoms with van der Waals surface area (Å²) in [4.78, 5) is 23.0. The van der Waals surface area contributed by atoms with E-state index in [-0.39, 0.29) is 0 Å². The van der Waals surface area contributed by atoms with E-state index in [1.807, 2.05) is 6.92 Å². The molecule has 1 unspecified atom stereocenters. The van der Waals surface area contributed by atoms with Crippen LogP contribution in [-0.4, -0.2) is 24.1 Å². The van der Waals surface area contributed by atoms with Crippen LogP contribution in [0.3, 0.4) is 0 Å². The van der Waals surface area contributed by atoms with Crippen LogP contribution in [0.2, 0.25) is 0 Å². The lowest BCUT2D eigenvalue weighted by Gasteiger charge is -2.24. The molecule has 0 rings (SSSR count). The molecule has 4 heteroatoms. The Morgan fingerprint density at radius 2 is 2.00 bits per heavy atom. The molecule has 0 aliphatic heterocycles. The van der Waals surface area contributed by atoms with Crippen LogP contribution in [0.1, 0.15) is 34.1 Å². The number of hydrogen-bond donors (Lipinski definition) is 0. The number of rotatable bonds is 6. The molecule has 0 saturated heterocycles. The lowest BCUT2D eigenvalue weighted by Crippen LogP contribution is -2.40. The fourth-order valence-electron chi connectivity index (χ4n) is 0.851. The minimum atomic E-state index is -1.25. The lowest BCUT2D eigenvalue weighted by molar-refractivity contribution is -0.180. The van der Waals surface area contributed by atoms with Gasteiger partial charge in [-0.05, 0) is 27.2 Å². The highest BCUT2D eigenvalue weighted by atomic mass is 16.6. The predicted molar refractivity (Wildman–Crippen MR) is 60.8 cm³/mol. The van der Waals surface area contributed by atoms with Gasteiger partial charge in [0.15, 0.2) is 0 Å². The van der Waals surface area contributed by atoms with Crippen LogP contribution in [0.5, 0.6) is 0 Å². The summed E-state index contributed by atoms with van der Waals surface area (Å²) in [5.41, 5.74) is -1.25. The maximum atomic E-state index is 11.5. The lowest BCUT2D eigenvalue weighted by atomic mass is 10.1. The van der Waals surface area contributed by atoms with Gasteiger partial charge < -0.3 is 9.47 Å². The number of ether oxygens (including phenoxy) is 2. The van der Waals surface area contributed by atoms with Gasteiger partial charge in [0.05, 0.1) is 12.5 Å². The molecule has 0 aliphatic carbocycles. The van der Waals surface area contributed by atoms with Crippen molar-refractivity contribution in [2.45, 2.75) is 39.7 Å². The Morgan fingerprint density at radius 3 is 2.44 bits per heavy atom. The highest BCUT2D eigenvalue weighted by molar-refractivity contribution is 5.83. The molecule has 0 spiro atoms. The normalized spacial score (nSPS) is 12.8. The van der Waals surface area contributed by atoms with E-state index in [1.165, 1.54) is 19.9 Å². The fraction of sp³-hybridized carbons (Fsp3) is 0.667. The number of carbonyl (C=O) groups is 2. The van der Waals surface area contributed by atoms with E-state index in [2.05, 4.69) is 6.58 Å². The molecule has 0 aromatic carbocycles. The van der Waals surface area contributed by atoms with Gasteiger partial charge in [-0.3, -0.25) is 4.79 Å². The Hall–Kier alpha value is -1.32. The Labute approximate surface area is 96.6 Å². The Kier molecular flexibility index (Phi) is 5.78. The average molecular weight is 228 g/mol. The summed E-state index contributed by atoms with van der Waals surface area (Å²) in [6.45, 7) is 10.4. The summed E-state index contributed by atoms with van der Waals surface area (Å²) in [6.07, 6.45) is 2.20. The minimum Gasteiger partial charge on any atom is -0.463 e. The van der Waals surface area contributed by atoms with E-state index in [4.69, 9.17) is 9.47 Å². The van der Waals surface area contributed by atoms with Crippen molar-refractivity contribution >= 4 is 11.9 Å². The van der Waals surface area contributed by atoms with Crippen LogP contribution in [0.15, 0.2) is 12.7 Å². The van der Waals surface area contributed by atoms with Crippen molar-refractivity contribution < 1.29 is 19.1 Å². The first-order valence-corrected chi connectivity index (χ1v) is 5.37. The van der Waals surface area contributed by atoms with E-state index in [0.29, 0.717) is 6.61 Å². The molecule has 0 bridgehead atoms. The fourth-order valence-corrected chi connectivity index (χ4v) is 0.851. The van der Waals surface area contributed by atoms with Gasteiger partial charge in [-0.15, -0.1) is 6.58 Å². The smallest absolute Gasteiger partial charge is 0.350 e. The van der Waals surface area contributed by atoms with Gasteiger partial charge in [0.1, 0.15) is 0 Å². The summed E-state index contributed by atoms with van der Waals surface area (Å²) >= 11 is 0. The second-order valence-electron chi connectivity index (χ2n) is 4.09. The first kappa shape index (κ1) is 14.7. The summed E-state index contributed by atoms with van der Waals surface area (Å²) in [5.74, 6) is -1.44. The van der Waals surface area contributed by atoms with Gasteiger partial charge in [-0.1, -0.05) is 13.0 Å². The molecule has 4 nitrogen and oxygen atoms in total. The highest BCUT2D eigenvalue weighted by Gasteiger charge is 2.34.